The highest BCUT2D eigenvalue weighted by Gasteiger charge is 1.97. The molecule has 1 aromatic heterocycles. The van der Waals surface area contributed by atoms with Crippen LogP contribution in [0.25, 0.3) is 0 Å². The lowest BCUT2D eigenvalue weighted by molar-refractivity contribution is 0.386. The van der Waals surface area contributed by atoms with Gasteiger partial charge in [0.2, 0.25) is 0 Å². The molecule has 0 radical (unpaired) electrons. The minimum absolute atomic E-state index is 0.360. The smallest absolute Gasteiger partial charge is 0.180 e. The maximum Gasteiger partial charge on any atom is 0.180 e. The molecule has 0 aliphatic heterocycles. The number of rotatable bonds is 3. The molecular weight excluding hydrogens is 158 g/mol. The van der Waals surface area contributed by atoms with Crippen LogP contribution in [0, 0.1) is 5.41 Å². The molecule has 0 bridgehead atoms. The van der Waals surface area contributed by atoms with Crippen LogP contribution in [0.3, 0.4) is 0 Å². The molecule has 0 amide bonds. The number of hydrogen-bond donors (Lipinski definition) is 1. The molecule has 1 rings (SSSR count). The molecule has 0 aliphatic carbocycles. The summed E-state index contributed by atoms with van der Waals surface area (Å²) in [5, 5.41) is 9.27. The Hall–Kier alpha value is -0.830. The summed E-state index contributed by atoms with van der Waals surface area (Å²) in [4.78, 5) is 1.31. The van der Waals surface area contributed by atoms with E-state index in [0.29, 0.717) is 12.3 Å². The number of thiophene rings is 1. The van der Waals surface area contributed by atoms with Crippen LogP contribution in [-0.4, -0.2) is 13.0 Å². The zero-order valence-electron chi connectivity index (χ0n) is 6.46. The Kier molecular flexibility index (Phi) is 3.11. The second kappa shape index (κ2) is 4.13. The van der Waals surface area contributed by atoms with Crippen LogP contribution in [0.1, 0.15) is 11.3 Å². The zero-order chi connectivity index (χ0) is 8.10. The molecule has 0 aromatic carbocycles. The van der Waals surface area contributed by atoms with Gasteiger partial charge in [0.25, 0.3) is 0 Å². The SMILES string of the molecule is COC(=N)CCc1cccs1. The van der Waals surface area contributed by atoms with Gasteiger partial charge in [-0.1, -0.05) is 6.07 Å². The van der Waals surface area contributed by atoms with Gasteiger partial charge in [0, 0.05) is 11.3 Å². The van der Waals surface area contributed by atoms with Crippen LogP contribution in [0.15, 0.2) is 17.5 Å². The van der Waals surface area contributed by atoms with E-state index in [-0.39, 0.29) is 0 Å². The van der Waals surface area contributed by atoms with Gasteiger partial charge in [-0.15, -0.1) is 11.3 Å². The highest BCUT2D eigenvalue weighted by Crippen LogP contribution is 2.10. The predicted molar refractivity (Wildman–Crippen MR) is 47.4 cm³/mol. The standard InChI is InChI=1S/C8H11NOS/c1-10-8(9)5-4-7-3-2-6-11-7/h2-3,6,9H,4-5H2,1H3. The lowest BCUT2D eigenvalue weighted by Crippen LogP contribution is -1.99. The lowest BCUT2D eigenvalue weighted by atomic mass is 10.3. The fourth-order valence-corrected chi connectivity index (χ4v) is 1.50. The molecular formula is C8H11NOS. The molecule has 1 aromatic rings. The normalized spacial score (nSPS) is 9.55. The number of ether oxygens (including phenoxy) is 1. The van der Waals surface area contributed by atoms with Crippen molar-refractivity contribution in [3.05, 3.63) is 22.4 Å². The molecule has 0 saturated carbocycles. The van der Waals surface area contributed by atoms with Gasteiger partial charge >= 0.3 is 0 Å². The van der Waals surface area contributed by atoms with E-state index in [0.717, 1.165) is 6.42 Å². The summed E-state index contributed by atoms with van der Waals surface area (Å²) in [6.45, 7) is 0. The summed E-state index contributed by atoms with van der Waals surface area (Å²) in [6, 6.07) is 4.10. The summed E-state index contributed by atoms with van der Waals surface area (Å²) in [5.41, 5.74) is 0. The van der Waals surface area contributed by atoms with Crippen LogP contribution in [0.5, 0.6) is 0 Å². The average molecular weight is 169 g/mol. The van der Waals surface area contributed by atoms with Crippen molar-refractivity contribution in [1.29, 1.82) is 5.41 Å². The van der Waals surface area contributed by atoms with E-state index in [1.165, 1.54) is 12.0 Å². The molecule has 0 atom stereocenters. The van der Waals surface area contributed by atoms with Crippen molar-refractivity contribution in [2.45, 2.75) is 12.8 Å². The maximum atomic E-state index is 7.22. The molecule has 0 fully saturated rings. The maximum absolute atomic E-state index is 7.22. The van der Waals surface area contributed by atoms with Gasteiger partial charge in [0.05, 0.1) is 7.11 Å². The van der Waals surface area contributed by atoms with Gasteiger partial charge in [-0.3, -0.25) is 5.41 Å². The lowest BCUT2D eigenvalue weighted by Gasteiger charge is -1.98. The van der Waals surface area contributed by atoms with Gasteiger partial charge in [-0.05, 0) is 17.9 Å². The molecule has 0 saturated heterocycles. The summed E-state index contributed by atoms with van der Waals surface area (Å²) < 4.78 is 4.74. The van der Waals surface area contributed by atoms with Crippen LogP contribution >= 0.6 is 11.3 Å². The van der Waals surface area contributed by atoms with Crippen molar-refractivity contribution in [2.24, 2.45) is 0 Å². The Bertz CT molecular complexity index is 218. The van der Waals surface area contributed by atoms with Gasteiger partial charge < -0.3 is 4.74 Å². The predicted octanol–water partition coefficient (Wildman–Crippen LogP) is 2.30. The number of aryl methyl sites for hydroxylation is 1. The van der Waals surface area contributed by atoms with Crippen molar-refractivity contribution >= 4 is 17.2 Å². The van der Waals surface area contributed by atoms with Crippen molar-refractivity contribution in [2.75, 3.05) is 7.11 Å². The van der Waals surface area contributed by atoms with Crippen LogP contribution in [0.4, 0.5) is 0 Å². The highest BCUT2D eigenvalue weighted by atomic mass is 32.1. The molecule has 3 heteroatoms. The number of hydrogen-bond acceptors (Lipinski definition) is 3. The largest absolute Gasteiger partial charge is 0.484 e. The molecule has 1 heterocycles. The average Bonchev–Trinajstić information content (AvgIpc) is 2.52. The summed E-state index contributed by atoms with van der Waals surface area (Å²) in [6.07, 6.45) is 1.63. The molecule has 0 spiro atoms. The quantitative estimate of drug-likeness (QED) is 0.546. The molecule has 1 N–H and O–H groups in total. The van der Waals surface area contributed by atoms with E-state index in [4.69, 9.17) is 10.1 Å². The minimum atomic E-state index is 0.360. The first-order valence-electron chi connectivity index (χ1n) is 3.46. The Labute approximate surface area is 70.3 Å². The van der Waals surface area contributed by atoms with Gasteiger partial charge in [0.1, 0.15) is 0 Å². The van der Waals surface area contributed by atoms with E-state index < -0.39 is 0 Å². The molecule has 0 unspecified atom stereocenters. The Balaban J connectivity index is 2.29. The fraction of sp³-hybridized carbons (Fsp3) is 0.375. The monoisotopic (exact) mass is 169 g/mol. The second-order valence-electron chi connectivity index (χ2n) is 2.21. The highest BCUT2D eigenvalue weighted by molar-refractivity contribution is 7.09. The van der Waals surface area contributed by atoms with Crippen molar-refractivity contribution < 1.29 is 4.74 Å². The summed E-state index contributed by atoms with van der Waals surface area (Å²) in [5.74, 6) is 0.360. The Morgan fingerprint density at radius 1 is 1.73 bits per heavy atom. The zero-order valence-corrected chi connectivity index (χ0v) is 7.28. The third kappa shape index (κ3) is 2.72. The first-order valence-corrected chi connectivity index (χ1v) is 4.34. The van der Waals surface area contributed by atoms with Crippen LogP contribution < -0.4 is 0 Å². The van der Waals surface area contributed by atoms with Crippen molar-refractivity contribution in [3.8, 4) is 0 Å². The van der Waals surface area contributed by atoms with Gasteiger partial charge in [0.15, 0.2) is 5.90 Å². The minimum Gasteiger partial charge on any atom is -0.484 e. The van der Waals surface area contributed by atoms with Crippen molar-refractivity contribution in [3.63, 3.8) is 0 Å². The number of methoxy groups -OCH3 is 1. The summed E-state index contributed by atoms with van der Waals surface area (Å²) in [7, 11) is 1.54. The number of nitrogens with one attached hydrogen (secondary N) is 1. The fourth-order valence-electron chi connectivity index (χ4n) is 0.794. The third-order valence-corrected chi connectivity index (χ3v) is 2.36. The van der Waals surface area contributed by atoms with E-state index >= 15 is 0 Å². The Morgan fingerprint density at radius 3 is 3.09 bits per heavy atom. The van der Waals surface area contributed by atoms with Crippen LogP contribution in [0.2, 0.25) is 0 Å². The third-order valence-electron chi connectivity index (χ3n) is 1.42. The first-order chi connectivity index (χ1) is 5.33. The van der Waals surface area contributed by atoms with E-state index in [1.807, 2.05) is 11.4 Å². The van der Waals surface area contributed by atoms with E-state index in [9.17, 15) is 0 Å². The van der Waals surface area contributed by atoms with E-state index in [2.05, 4.69) is 6.07 Å². The topological polar surface area (TPSA) is 33.1 Å². The molecule has 11 heavy (non-hydrogen) atoms. The summed E-state index contributed by atoms with van der Waals surface area (Å²) >= 11 is 1.72. The van der Waals surface area contributed by atoms with Crippen LogP contribution in [-0.2, 0) is 11.2 Å². The van der Waals surface area contributed by atoms with Gasteiger partial charge in [-0.2, -0.15) is 0 Å². The first kappa shape index (κ1) is 8.27. The van der Waals surface area contributed by atoms with Crippen molar-refractivity contribution in [1.82, 2.24) is 0 Å². The second-order valence-corrected chi connectivity index (χ2v) is 3.24. The molecule has 0 aliphatic rings. The molecule has 60 valence electrons. The molecule has 2 nitrogen and oxygen atoms in total. The Morgan fingerprint density at radius 2 is 2.55 bits per heavy atom. The van der Waals surface area contributed by atoms with Gasteiger partial charge in [-0.25, -0.2) is 0 Å². The van der Waals surface area contributed by atoms with E-state index in [1.54, 1.807) is 11.3 Å².